The standard InChI is InChI=1S/C36H22N6O/c1-3-10-23(11-4-1)34-40-35(24-12-5-2-6-13-24)42-36(41-34)27-15-9-14-25(20-27)29-21-26(18-19-37-29)31-33-32(39-22-38-31)28-16-7-8-17-30(28)43-33/h1-22H. The summed E-state index contributed by atoms with van der Waals surface area (Å²) in [7, 11) is 0. The Labute approximate surface area is 246 Å². The Balaban J connectivity index is 1.22. The summed E-state index contributed by atoms with van der Waals surface area (Å²) >= 11 is 0. The normalized spacial score (nSPS) is 11.3. The van der Waals surface area contributed by atoms with E-state index in [1.165, 1.54) is 0 Å². The molecule has 0 spiro atoms. The number of furan rings is 1. The summed E-state index contributed by atoms with van der Waals surface area (Å²) in [5.74, 6) is 1.83. The van der Waals surface area contributed by atoms with E-state index < -0.39 is 0 Å². The van der Waals surface area contributed by atoms with Gasteiger partial charge < -0.3 is 4.42 Å². The van der Waals surface area contributed by atoms with Crippen LogP contribution in [0, 0.1) is 0 Å². The minimum absolute atomic E-state index is 0.588. The van der Waals surface area contributed by atoms with E-state index in [9.17, 15) is 0 Å². The SMILES string of the molecule is c1ccc(-c2nc(-c3ccccc3)nc(-c3cccc(-c4cc(-c5ncnc6c5oc5ccccc56)ccn4)c3)n2)cc1. The number of nitrogens with zero attached hydrogens (tertiary/aromatic N) is 6. The van der Waals surface area contributed by atoms with Crippen molar-refractivity contribution in [3.63, 3.8) is 0 Å². The van der Waals surface area contributed by atoms with Gasteiger partial charge in [0, 0.05) is 39.4 Å². The van der Waals surface area contributed by atoms with Crippen LogP contribution in [0.5, 0.6) is 0 Å². The van der Waals surface area contributed by atoms with E-state index in [0.29, 0.717) is 23.1 Å². The van der Waals surface area contributed by atoms with Crippen LogP contribution in [0.25, 0.3) is 78.7 Å². The van der Waals surface area contributed by atoms with Gasteiger partial charge in [-0.3, -0.25) is 4.98 Å². The van der Waals surface area contributed by atoms with Crippen LogP contribution in [-0.4, -0.2) is 29.9 Å². The summed E-state index contributed by atoms with van der Waals surface area (Å²) < 4.78 is 6.19. The first kappa shape index (κ1) is 24.7. The molecule has 4 aromatic heterocycles. The molecular formula is C36H22N6O. The average Bonchev–Trinajstić information content (AvgIpc) is 3.48. The smallest absolute Gasteiger partial charge is 0.180 e. The highest BCUT2D eigenvalue weighted by atomic mass is 16.3. The minimum atomic E-state index is 0.588. The molecule has 8 aromatic rings. The average molecular weight is 555 g/mol. The minimum Gasteiger partial charge on any atom is -0.452 e. The van der Waals surface area contributed by atoms with Crippen LogP contribution < -0.4 is 0 Å². The Hall–Kier alpha value is -6.08. The highest BCUT2D eigenvalue weighted by molar-refractivity contribution is 6.06. The van der Waals surface area contributed by atoms with Crippen molar-refractivity contribution in [2.75, 3.05) is 0 Å². The first-order valence-corrected chi connectivity index (χ1v) is 13.9. The molecule has 0 saturated carbocycles. The first-order chi connectivity index (χ1) is 21.3. The Morgan fingerprint density at radius 2 is 1.09 bits per heavy atom. The van der Waals surface area contributed by atoms with Crippen LogP contribution >= 0.6 is 0 Å². The molecule has 202 valence electrons. The van der Waals surface area contributed by atoms with E-state index in [-0.39, 0.29) is 0 Å². The van der Waals surface area contributed by atoms with Crippen LogP contribution in [0.3, 0.4) is 0 Å². The molecule has 4 heterocycles. The quantitative estimate of drug-likeness (QED) is 0.211. The Morgan fingerprint density at radius 1 is 0.465 bits per heavy atom. The van der Waals surface area contributed by atoms with Gasteiger partial charge in [0.15, 0.2) is 23.1 Å². The lowest BCUT2D eigenvalue weighted by Crippen LogP contribution is -2.00. The van der Waals surface area contributed by atoms with Gasteiger partial charge in [0.1, 0.15) is 23.1 Å². The van der Waals surface area contributed by atoms with Crippen LogP contribution in [0.1, 0.15) is 0 Å². The van der Waals surface area contributed by atoms with E-state index in [2.05, 4.69) is 16.0 Å². The summed E-state index contributed by atoms with van der Waals surface area (Å²) in [6.45, 7) is 0. The maximum Gasteiger partial charge on any atom is 0.180 e. The molecule has 0 aliphatic rings. The summed E-state index contributed by atoms with van der Waals surface area (Å²) in [5.41, 5.74) is 8.27. The fraction of sp³-hybridized carbons (Fsp3) is 0. The zero-order valence-corrected chi connectivity index (χ0v) is 22.8. The molecule has 0 fully saturated rings. The molecule has 0 N–H and O–H groups in total. The second kappa shape index (κ2) is 10.4. The van der Waals surface area contributed by atoms with Crippen LogP contribution in [-0.2, 0) is 0 Å². The Bertz CT molecular complexity index is 2190. The van der Waals surface area contributed by atoms with Gasteiger partial charge in [-0.1, -0.05) is 91.0 Å². The third-order valence-corrected chi connectivity index (χ3v) is 7.31. The Kier molecular flexibility index (Phi) is 5.97. The van der Waals surface area contributed by atoms with Gasteiger partial charge in [0.05, 0.1) is 5.69 Å². The van der Waals surface area contributed by atoms with Gasteiger partial charge in [-0.15, -0.1) is 0 Å². The van der Waals surface area contributed by atoms with Gasteiger partial charge >= 0.3 is 0 Å². The fourth-order valence-electron chi connectivity index (χ4n) is 5.22. The second-order valence-electron chi connectivity index (χ2n) is 10.0. The lowest BCUT2D eigenvalue weighted by atomic mass is 10.0. The largest absolute Gasteiger partial charge is 0.452 e. The third-order valence-electron chi connectivity index (χ3n) is 7.31. The molecule has 7 heteroatoms. The van der Waals surface area contributed by atoms with E-state index in [1.807, 2.05) is 115 Å². The lowest BCUT2D eigenvalue weighted by Gasteiger charge is -2.10. The zero-order chi connectivity index (χ0) is 28.6. The number of fused-ring (bicyclic) bond motifs is 3. The molecule has 0 aliphatic heterocycles. The number of aromatic nitrogens is 6. The zero-order valence-electron chi connectivity index (χ0n) is 22.8. The Morgan fingerprint density at radius 3 is 1.84 bits per heavy atom. The maximum absolute atomic E-state index is 6.19. The van der Waals surface area contributed by atoms with Crippen LogP contribution in [0.15, 0.2) is 138 Å². The second-order valence-corrected chi connectivity index (χ2v) is 10.0. The molecule has 4 aromatic carbocycles. The van der Waals surface area contributed by atoms with Crippen molar-refractivity contribution in [1.29, 1.82) is 0 Å². The molecule has 7 nitrogen and oxygen atoms in total. The molecule has 0 atom stereocenters. The fourth-order valence-corrected chi connectivity index (χ4v) is 5.22. The summed E-state index contributed by atoms with van der Waals surface area (Å²) in [6.07, 6.45) is 3.37. The van der Waals surface area contributed by atoms with Crippen molar-refractivity contribution < 1.29 is 4.42 Å². The molecule has 0 radical (unpaired) electrons. The predicted molar refractivity (Wildman–Crippen MR) is 168 cm³/mol. The molecule has 0 aliphatic carbocycles. The number of rotatable bonds is 5. The van der Waals surface area contributed by atoms with E-state index in [4.69, 9.17) is 24.4 Å². The summed E-state index contributed by atoms with van der Waals surface area (Å²) in [5, 5.41) is 0.963. The molecule has 43 heavy (non-hydrogen) atoms. The van der Waals surface area contributed by atoms with E-state index >= 15 is 0 Å². The molecule has 8 rings (SSSR count). The highest BCUT2D eigenvalue weighted by Gasteiger charge is 2.16. The highest BCUT2D eigenvalue weighted by Crippen LogP contribution is 2.34. The van der Waals surface area contributed by atoms with Crippen LogP contribution in [0.2, 0.25) is 0 Å². The van der Waals surface area contributed by atoms with Gasteiger partial charge in [-0.25, -0.2) is 24.9 Å². The molecular weight excluding hydrogens is 532 g/mol. The topological polar surface area (TPSA) is 90.5 Å². The van der Waals surface area contributed by atoms with Crippen molar-refractivity contribution in [3.05, 3.63) is 134 Å². The van der Waals surface area contributed by atoms with Crippen molar-refractivity contribution in [2.24, 2.45) is 0 Å². The molecule has 0 unspecified atom stereocenters. The summed E-state index contributed by atoms with van der Waals surface area (Å²) in [4.78, 5) is 28.4. The molecule has 0 bridgehead atoms. The van der Waals surface area contributed by atoms with E-state index in [1.54, 1.807) is 12.5 Å². The van der Waals surface area contributed by atoms with Gasteiger partial charge in [-0.2, -0.15) is 0 Å². The van der Waals surface area contributed by atoms with Crippen molar-refractivity contribution in [3.8, 4) is 56.7 Å². The first-order valence-electron chi connectivity index (χ1n) is 13.9. The van der Waals surface area contributed by atoms with Crippen molar-refractivity contribution >= 4 is 22.1 Å². The number of benzene rings is 4. The summed E-state index contributed by atoms with van der Waals surface area (Å²) in [6, 6.07) is 39.9. The molecule has 0 saturated heterocycles. The monoisotopic (exact) mass is 554 g/mol. The number of hydrogen-bond acceptors (Lipinski definition) is 7. The van der Waals surface area contributed by atoms with Crippen molar-refractivity contribution in [2.45, 2.75) is 0 Å². The van der Waals surface area contributed by atoms with Gasteiger partial charge in [0.25, 0.3) is 0 Å². The van der Waals surface area contributed by atoms with E-state index in [0.717, 1.165) is 55.7 Å². The number of pyridine rings is 1. The number of para-hydroxylation sites is 1. The molecule has 0 amide bonds. The van der Waals surface area contributed by atoms with Crippen LogP contribution in [0.4, 0.5) is 0 Å². The van der Waals surface area contributed by atoms with Gasteiger partial charge in [0.2, 0.25) is 0 Å². The van der Waals surface area contributed by atoms with Gasteiger partial charge in [-0.05, 0) is 30.3 Å². The lowest BCUT2D eigenvalue weighted by molar-refractivity contribution is 0.667. The third kappa shape index (κ3) is 4.59. The van der Waals surface area contributed by atoms with Crippen molar-refractivity contribution in [1.82, 2.24) is 29.9 Å². The maximum atomic E-state index is 6.19. The predicted octanol–water partition coefficient (Wildman–Crippen LogP) is 8.29. The number of hydrogen-bond donors (Lipinski definition) is 0.